The van der Waals surface area contributed by atoms with Crippen molar-refractivity contribution in [1.82, 2.24) is 19.7 Å². The molecular weight excluding hydrogens is 318 g/mol. The molecule has 7 heteroatoms. The number of aromatic amines is 1. The van der Waals surface area contributed by atoms with Crippen LogP contribution >= 0.6 is 0 Å². The van der Waals surface area contributed by atoms with E-state index in [9.17, 15) is 4.79 Å². The van der Waals surface area contributed by atoms with E-state index in [1.165, 1.54) is 37.9 Å². The third-order valence-electron chi connectivity index (χ3n) is 4.41. The normalized spacial score (nSPS) is 15.2. The van der Waals surface area contributed by atoms with Gasteiger partial charge in [-0.3, -0.25) is 9.58 Å². The van der Waals surface area contributed by atoms with Gasteiger partial charge in [0.15, 0.2) is 0 Å². The molecule has 0 saturated carbocycles. The summed E-state index contributed by atoms with van der Waals surface area (Å²) in [4.78, 5) is 17.4. The molecule has 1 aromatic carbocycles. The highest BCUT2D eigenvalue weighted by molar-refractivity contribution is 5.28. The predicted molar refractivity (Wildman–Crippen MR) is 98.0 cm³/mol. The van der Waals surface area contributed by atoms with E-state index >= 15 is 0 Å². The van der Waals surface area contributed by atoms with Crippen LogP contribution in [0.25, 0.3) is 0 Å². The lowest BCUT2D eigenvalue weighted by Gasteiger charge is -2.26. The summed E-state index contributed by atoms with van der Waals surface area (Å²) < 4.78 is 7.43. The van der Waals surface area contributed by atoms with Crippen LogP contribution in [0.1, 0.15) is 31.2 Å². The van der Waals surface area contributed by atoms with Crippen LogP contribution in [0.15, 0.2) is 29.1 Å². The van der Waals surface area contributed by atoms with Crippen LogP contribution in [0.5, 0.6) is 5.75 Å². The number of H-pyrrole nitrogens is 1. The smallest absolute Gasteiger partial charge is 0.363 e. The number of anilines is 1. The van der Waals surface area contributed by atoms with E-state index < -0.39 is 0 Å². The number of likely N-dealkylation sites (tertiary alicyclic amines) is 1. The molecular formula is C18H27N5O2. The highest BCUT2D eigenvalue weighted by atomic mass is 16.5. The lowest BCUT2D eigenvalue weighted by molar-refractivity contribution is 0.220. The summed E-state index contributed by atoms with van der Waals surface area (Å²) in [5.41, 5.74) is 0.968. The second kappa shape index (κ2) is 8.71. The van der Waals surface area contributed by atoms with Gasteiger partial charge in [-0.2, -0.15) is 4.98 Å². The largest absolute Gasteiger partial charge is 0.494 e. The van der Waals surface area contributed by atoms with Gasteiger partial charge in [0.2, 0.25) is 5.95 Å². The maximum atomic E-state index is 11.1. The van der Waals surface area contributed by atoms with Gasteiger partial charge in [0.25, 0.3) is 0 Å². The minimum atomic E-state index is -0.341. The minimum absolute atomic E-state index is 0.341. The molecule has 0 spiro atoms. The number of ether oxygens (including phenoxy) is 1. The summed E-state index contributed by atoms with van der Waals surface area (Å²) in [5, 5.41) is 5.69. The Morgan fingerprint density at radius 3 is 2.88 bits per heavy atom. The first-order chi connectivity index (χ1) is 12.2. The Morgan fingerprint density at radius 2 is 2.12 bits per heavy atom. The van der Waals surface area contributed by atoms with E-state index in [0.717, 1.165) is 18.7 Å². The van der Waals surface area contributed by atoms with Gasteiger partial charge < -0.3 is 10.1 Å². The molecule has 2 heterocycles. The molecule has 0 bridgehead atoms. The lowest BCUT2D eigenvalue weighted by Crippen LogP contribution is -2.29. The number of aromatic nitrogens is 3. The number of piperidine rings is 1. The van der Waals surface area contributed by atoms with Crippen LogP contribution in [0.4, 0.5) is 5.95 Å². The zero-order chi connectivity index (χ0) is 17.5. The molecule has 25 heavy (non-hydrogen) atoms. The van der Waals surface area contributed by atoms with Crippen molar-refractivity contribution in [2.24, 2.45) is 7.05 Å². The SMILES string of the molecule is Cn1[nH]c(=O)nc1NCCCOc1cccc(CN2CCCCC2)c1. The minimum Gasteiger partial charge on any atom is -0.494 e. The van der Waals surface area contributed by atoms with Crippen molar-refractivity contribution >= 4 is 5.95 Å². The molecule has 7 nitrogen and oxygen atoms in total. The topological polar surface area (TPSA) is 75.2 Å². The fourth-order valence-corrected chi connectivity index (χ4v) is 3.12. The molecule has 0 unspecified atom stereocenters. The average Bonchev–Trinajstić information content (AvgIpc) is 2.93. The van der Waals surface area contributed by atoms with Gasteiger partial charge in [-0.25, -0.2) is 9.89 Å². The first kappa shape index (κ1) is 17.5. The predicted octanol–water partition coefficient (Wildman–Crippen LogP) is 1.98. The average molecular weight is 345 g/mol. The molecule has 0 radical (unpaired) electrons. The monoisotopic (exact) mass is 345 g/mol. The molecule has 1 aliphatic heterocycles. The van der Waals surface area contributed by atoms with Gasteiger partial charge in [-0.05, 0) is 50.0 Å². The Hall–Kier alpha value is -2.28. The summed E-state index contributed by atoms with van der Waals surface area (Å²) in [6.07, 6.45) is 4.81. The van der Waals surface area contributed by atoms with E-state index in [2.05, 4.69) is 38.5 Å². The molecule has 1 aromatic heterocycles. The van der Waals surface area contributed by atoms with Gasteiger partial charge >= 0.3 is 5.69 Å². The number of hydrogen-bond donors (Lipinski definition) is 2. The molecule has 136 valence electrons. The van der Waals surface area contributed by atoms with E-state index in [0.29, 0.717) is 19.1 Å². The number of aryl methyl sites for hydroxylation is 1. The first-order valence-electron chi connectivity index (χ1n) is 9.02. The van der Waals surface area contributed by atoms with Gasteiger partial charge in [-0.1, -0.05) is 18.6 Å². The zero-order valence-electron chi connectivity index (χ0n) is 14.8. The Bertz CT molecular complexity index is 718. The summed E-state index contributed by atoms with van der Waals surface area (Å²) >= 11 is 0. The van der Waals surface area contributed by atoms with Crippen molar-refractivity contribution in [2.45, 2.75) is 32.2 Å². The molecule has 1 fully saturated rings. The summed E-state index contributed by atoms with van der Waals surface area (Å²) in [5.74, 6) is 1.47. The van der Waals surface area contributed by atoms with Gasteiger partial charge in [-0.15, -0.1) is 0 Å². The third-order valence-corrected chi connectivity index (χ3v) is 4.41. The maximum Gasteiger partial charge on any atom is 0.363 e. The zero-order valence-corrected chi connectivity index (χ0v) is 14.8. The van der Waals surface area contributed by atoms with Crippen molar-refractivity contribution in [1.29, 1.82) is 0 Å². The Morgan fingerprint density at radius 1 is 1.28 bits per heavy atom. The van der Waals surface area contributed by atoms with Gasteiger partial charge in [0.05, 0.1) is 6.61 Å². The maximum absolute atomic E-state index is 11.1. The van der Waals surface area contributed by atoms with E-state index in [4.69, 9.17) is 4.74 Å². The number of hydrogen-bond acceptors (Lipinski definition) is 5. The van der Waals surface area contributed by atoms with E-state index in [1.54, 1.807) is 11.7 Å². The molecule has 0 aliphatic carbocycles. The Kier molecular flexibility index (Phi) is 6.11. The van der Waals surface area contributed by atoms with Crippen LogP contribution in [-0.4, -0.2) is 45.9 Å². The molecule has 1 aliphatic rings. The molecule has 3 rings (SSSR count). The molecule has 2 aromatic rings. The molecule has 2 N–H and O–H groups in total. The molecule has 1 saturated heterocycles. The highest BCUT2D eigenvalue weighted by Crippen LogP contribution is 2.17. The van der Waals surface area contributed by atoms with Crippen molar-refractivity contribution in [3.8, 4) is 5.75 Å². The fraction of sp³-hybridized carbons (Fsp3) is 0.556. The van der Waals surface area contributed by atoms with Crippen LogP contribution in [0.2, 0.25) is 0 Å². The first-order valence-corrected chi connectivity index (χ1v) is 9.02. The van der Waals surface area contributed by atoms with Gasteiger partial charge in [0.1, 0.15) is 5.75 Å². The van der Waals surface area contributed by atoms with Crippen molar-refractivity contribution in [3.63, 3.8) is 0 Å². The van der Waals surface area contributed by atoms with Crippen LogP contribution in [0, 0.1) is 0 Å². The number of rotatable bonds is 8. The van der Waals surface area contributed by atoms with E-state index in [1.807, 2.05) is 6.07 Å². The number of nitrogens with one attached hydrogen (secondary N) is 2. The second-order valence-corrected chi connectivity index (χ2v) is 6.52. The number of benzene rings is 1. The van der Waals surface area contributed by atoms with E-state index in [-0.39, 0.29) is 5.69 Å². The lowest BCUT2D eigenvalue weighted by atomic mass is 10.1. The highest BCUT2D eigenvalue weighted by Gasteiger charge is 2.10. The summed E-state index contributed by atoms with van der Waals surface area (Å²) in [6, 6.07) is 8.37. The second-order valence-electron chi connectivity index (χ2n) is 6.52. The van der Waals surface area contributed by atoms with Crippen molar-refractivity contribution in [2.75, 3.05) is 31.6 Å². The Balaban J connectivity index is 1.40. The van der Waals surface area contributed by atoms with Crippen molar-refractivity contribution < 1.29 is 4.74 Å². The van der Waals surface area contributed by atoms with Crippen LogP contribution < -0.4 is 15.7 Å². The summed E-state index contributed by atoms with van der Waals surface area (Å²) in [6.45, 7) is 4.73. The van der Waals surface area contributed by atoms with Crippen molar-refractivity contribution in [3.05, 3.63) is 40.3 Å². The molecule has 0 atom stereocenters. The number of nitrogens with zero attached hydrogens (tertiary/aromatic N) is 3. The summed E-state index contributed by atoms with van der Waals surface area (Å²) in [7, 11) is 1.75. The fourth-order valence-electron chi connectivity index (χ4n) is 3.12. The molecule has 0 amide bonds. The Labute approximate surface area is 148 Å². The van der Waals surface area contributed by atoms with Gasteiger partial charge in [0, 0.05) is 20.1 Å². The third kappa shape index (κ3) is 5.35. The standard InChI is InChI=1S/C18H27N5O2/c1-22-17(20-18(24)21-22)19-9-6-12-25-16-8-5-7-15(13-16)14-23-10-3-2-4-11-23/h5,7-8,13H,2-4,6,9-12,14H2,1H3,(H2,19,20,21,24). The quantitative estimate of drug-likeness (QED) is 0.716. The van der Waals surface area contributed by atoms with Crippen LogP contribution in [-0.2, 0) is 13.6 Å². The van der Waals surface area contributed by atoms with Crippen LogP contribution in [0.3, 0.4) is 0 Å².